The zero-order chi connectivity index (χ0) is 15.2. The summed E-state index contributed by atoms with van der Waals surface area (Å²) in [7, 11) is 0. The quantitative estimate of drug-likeness (QED) is 0.474. The Balaban J connectivity index is 2.56. The van der Waals surface area contributed by atoms with E-state index >= 15 is 0 Å². The number of hydrogen-bond acceptors (Lipinski definition) is 4. The van der Waals surface area contributed by atoms with Crippen molar-refractivity contribution < 1.29 is 14.3 Å². The maximum Gasteiger partial charge on any atom is 0.338 e. The number of esters is 1. The van der Waals surface area contributed by atoms with Crippen LogP contribution in [0.3, 0.4) is 0 Å². The van der Waals surface area contributed by atoms with Crippen molar-refractivity contribution in [3.63, 3.8) is 0 Å². The molecule has 0 amide bonds. The molecule has 0 N–H and O–H groups in total. The first kappa shape index (κ1) is 15.3. The largest absolute Gasteiger partial charge is 0.462 e. The van der Waals surface area contributed by atoms with Crippen LogP contribution >= 0.6 is 11.8 Å². The zero-order valence-electron chi connectivity index (χ0n) is 12.0. The molecule has 3 nitrogen and oxygen atoms in total. The van der Waals surface area contributed by atoms with Crippen molar-refractivity contribution in [2.45, 2.75) is 11.8 Å². The molecule has 0 spiro atoms. The van der Waals surface area contributed by atoms with E-state index in [0.717, 1.165) is 22.3 Å². The summed E-state index contributed by atoms with van der Waals surface area (Å²) in [6.45, 7) is 2.11. The molecule has 0 aliphatic heterocycles. The van der Waals surface area contributed by atoms with E-state index in [2.05, 4.69) is 0 Å². The van der Waals surface area contributed by atoms with E-state index in [4.69, 9.17) is 4.74 Å². The van der Waals surface area contributed by atoms with E-state index in [0.29, 0.717) is 17.7 Å². The summed E-state index contributed by atoms with van der Waals surface area (Å²) >= 11 is 1.56. The summed E-state index contributed by atoms with van der Waals surface area (Å²) in [5, 5.41) is 0. The number of carbonyl (C=O) groups is 2. The highest BCUT2D eigenvalue weighted by atomic mass is 32.2. The molecule has 0 bridgehead atoms. The topological polar surface area (TPSA) is 43.4 Å². The first-order chi connectivity index (χ1) is 10.2. The minimum atomic E-state index is -0.352. The van der Waals surface area contributed by atoms with Gasteiger partial charge in [0.2, 0.25) is 0 Å². The molecule has 0 saturated carbocycles. The molecule has 0 atom stereocenters. The Bertz CT molecular complexity index is 665. The maximum absolute atomic E-state index is 12.1. The van der Waals surface area contributed by atoms with Gasteiger partial charge in [-0.3, -0.25) is 4.79 Å². The number of ether oxygens (including phenoxy) is 1. The van der Waals surface area contributed by atoms with Crippen LogP contribution in [0.2, 0.25) is 0 Å². The van der Waals surface area contributed by atoms with Gasteiger partial charge in [-0.25, -0.2) is 4.79 Å². The van der Waals surface area contributed by atoms with Crippen LogP contribution < -0.4 is 0 Å². The number of aldehydes is 1. The van der Waals surface area contributed by atoms with E-state index in [1.165, 1.54) is 0 Å². The van der Waals surface area contributed by atoms with E-state index in [9.17, 15) is 9.59 Å². The second kappa shape index (κ2) is 7.09. The normalized spacial score (nSPS) is 10.2. The first-order valence-electron chi connectivity index (χ1n) is 6.60. The van der Waals surface area contributed by atoms with Gasteiger partial charge >= 0.3 is 5.97 Å². The van der Waals surface area contributed by atoms with Crippen molar-refractivity contribution in [2.24, 2.45) is 0 Å². The van der Waals surface area contributed by atoms with Crippen LogP contribution in [0.25, 0.3) is 11.1 Å². The highest BCUT2D eigenvalue weighted by Crippen LogP contribution is 2.29. The van der Waals surface area contributed by atoms with E-state index < -0.39 is 0 Å². The summed E-state index contributed by atoms with van der Waals surface area (Å²) in [5.41, 5.74) is 2.72. The fourth-order valence-electron chi connectivity index (χ4n) is 2.09. The molecule has 2 rings (SSSR count). The molecule has 0 heterocycles. The smallest absolute Gasteiger partial charge is 0.338 e. The average Bonchev–Trinajstić information content (AvgIpc) is 2.54. The van der Waals surface area contributed by atoms with Gasteiger partial charge in [0, 0.05) is 10.5 Å². The van der Waals surface area contributed by atoms with Crippen molar-refractivity contribution in [3.8, 4) is 11.1 Å². The number of carbonyl (C=O) groups excluding carboxylic acids is 2. The van der Waals surface area contributed by atoms with Crippen LogP contribution in [0.1, 0.15) is 27.6 Å². The van der Waals surface area contributed by atoms with Gasteiger partial charge in [0.15, 0.2) is 0 Å². The van der Waals surface area contributed by atoms with Crippen LogP contribution in [-0.2, 0) is 4.74 Å². The maximum atomic E-state index is 12.1. The van der Waals surface area contributed by atoms with Crippen LogP contribution in [0, 0.1) is 0 Å². The highest BCUT2D eigenvalue weighted by molar-refractivity contribution is 7.98. The third-order valence-corrected chi connectivity index (χ3v) is 3.74. The monoisotopic (exact) mass is 300 g/mol. The van der Waals surface area contributed by atoms with Crippen molar-refractivity contribution >= 4 is 24.0 Å². The minimum absolute atomic E-state index is 0.331. The molecule has 0 unspecified atom stereocenters. The van der Waals surface area contributed by atoms with Crippen molar-refractivity contribution in [1.82, 2.24) is 0 Å². The third kappa shape index (κ3) is 3.52. The van der Waals surface area contributed by atoms with Gasteiger partial charge in [-0.15, -0.1) is 11.8 Å². The van der Waals surface area contributed by atoms with Gasteiger partial charge in [0.1, 0.15) is 6.29 Å². The Kier molecular flexibility index (Phi) is 5.17. The number of thioether (sulfide) groups is 1. The number of hydrogen-bond donors (Lipinski definition) is 0. The van der Waals surface area contributed by atoms with Crippen LogP contribution in [0.5, 0.6) is 0 Å². The molecule has 2 aromatic carbocycles. The predicted octanol–water partition coefficient (Wildman–Crippen LogP) is 4.06. The molecule has 21 heavy (non-hydrogen) atoms. The summed E-state index contributed by atoms with van der Waals surface area (Å²) < 4.78 is 5.09. The minimum Gasteiger partial charge on any atom is -0.462 e. The zero-order valence-corrected chi connectivity index (χ0v) is 12.8. The van der Waals surface area contributed by atoms with Gasteiger partial charge in [-0.05, 0) is 48.6 Å². The lowest BCUT2D eigenvalue weighted by molar-refractivity contribution is 0.0527. The molecule has 0 aromatic heterocycles. The molecule has 2 aromatic rings. The highest BCUT2D eigenvalue weighted by Gasteiger charge is 2.14. The van der Waals surface area contributed by atoms with Crippen LogP contribution in [-0.4, -0.2) is 25.1 Å². The second-order valence-electron chi connectivity index (χ2n) is 4.38. The van der Waals surface area contributed by atoms with Crippen molar-refractivity contribution in [1.29, 1.82) is 0 Å². The van der Waals surface area contributed by atoms with Gasteiger partial charge in [-0.1, -0.05) is 18.2 Å². The summed E-state index contributed by atoms with van der Waals surface area (Å²) in [5.74, 6) is -0.352. The molecule has 108 valence electrons. The van der Waals surface area contributed by atoms with E-state index in [-0.39, 0.29) is 5.97 Å². The van der Waals surface area contributed by atoms with Crippen molar-refractivity contribution in [3.05, 3.63) is 53.6 Å². The van der Waals surface area contributed by atoms with Gasteiger partial charge in [0.05, 0.1) is 12.2 Å². The van der Waals surface area contributed by atoms with Gasteiger partial charge in [0.25, 0.3) is 0 Å². The van der Waals surface area contributed by atoms with Crippen LogP contribution in [0.15, 0.2) is 47.4 Å². The summed E-state index contributed by atoms with van der Waals surface area (Å²) in [6, 6.07) is 12.8. The fraction of sp³-hybridized carbons (Fsp3) is 0.176. The molecule has 0 aliphatic rings. The molecule has 0 radical (unpaired) electrons. The number of rotatable bonds is 5. The number of benzene rings is 2. The lowest BCUT2D eigenvalue weighted by atomic mass is 9.98. The van der Waals surface area contributed by atoms with E-state index in [1.54, 1.807) is 36.9 Å². The van der Waals surface area contributed by atoms with Gasteiger partial charge in [-0.2, -0.15) is 0 Å². The molecular weight excluding hydrogens is 284 g/mol. The molecule has 4 heteroatoms. The average molecular weight is 300 g/mol. The van der Waals surface area contributed by atoms with Crippen molar-refractivity contribution in [2.75, 3.05) is 12.9 Å². The fourth-order valence-corrected chi connectivity index (χ4v) is 2.58. The van der Waals surface area contributed by atoms with Crippen LogP contribution in [0.4, 0.5) is 0 Å². The Hall–Kier alpha value is -2.07. The second-order valence-corrected chi connectivity index (χ2v) is 5.26. The summed E-state index contributed by atoms with van der Waals surface area (Å²) in [6.07, 6.45) is 2.77. The molecular formula is C17H16O3S. The SMILES string of the molecule is CCOC(=O)c1ccccc1-c1cc(C=O)cc(SC)c1. The van der Waals surface area contributed by atoms with E-state index in [1.807, 2.05) is 30.5 Å². The molecule has 0 aliphatic carbocycles. The Morgan fingerprint density at radius 3 is 2.67 bits per heavy atom. The molecule has 0 fully saturated rings. The Morgan fingerprint density at radius 1 is 1.24 bits per heavy atom. The Morgan fingerprint density at radius 2 is 2.00 bits per heavy atom. The lowest BCUT2D eigenvalue weighted by Gasteiger charge is -2.10. The first-order valence-corrected chi connectivity index (χ1v) is 7.82. The standard InChI is InChI=1S/C17H16O3S/c1-3-20-17(19)16-7-5-4-6-15(16)13-8-12(11-18)9-14(10-13)21-2/h4-11H,3H2,1-2H3. The Labute approximate surface area is 128 Å². The lowest BCUT2D eigenvalue weighted by Crippen LogP contribution is -2.06. The summed E-state index contributed by atoms with van der Waals surface area (Å²) in [4.78, 5) is 24.1. The van der Waals surface area contributed by atoms with Gasteiger partial charge < -0.3 is 4.74 Å². The molecule has 0 saturated heterocycles. The predicted molar refractivity (Wildman–Crippen MR) is 85.0 cm³/mol. The third-order valence-electron chi connectivity index (χ3n) is 3.03.